The minimum atomic E-state index is -0.549. The van der Waals surface area contributed by atoms with Gasteiger partial charge in [-0.25, -0.2) is 0 Å². The fourth-order valence-electron chi connectivity index (χ4n) is 2.53. The molecule has 1 aliphatic rings. The zero-order chi connectivity index (χ0) is 13.9. The van der Waals surface area contributed by atoms with Crippen LogP contribution in [0, 0.1) is 11.3 Å². The van der Waals surface area contributed by atoms with E-state index in [9.17, 15) is 5.26 Å². The number of rotatable bonds is 3. The molecule has 4 heteroatoms. The molecule has 2 atom stereocenters. The molecule has 19 heavy (non-hydrogen) atoms. The molecule has 102 valence electrons. The minimum Gasteiger partial charge on any atom is -0.375 e. The van der Waals surface area contributed by atoms with E-state index in [4.69, 9.17) is 4.74 Å². The van der Waals surface area contributed by atoms with Crippen LogP contribution >= 0.6 is 15.9 Å². The van der Waals surface area contributed by atoms with Crippen molar-refractivity contribution in [3.05, 3.63) is 28.7 Å². The normalized spacial score (nSPS) is 30.6. The molecular weight excluding hydrogens is 304 g/mol. The predicted molar refractivity (Wildman–Crippen MR) is 80.0 cm³/mol. The number of nitrogens with one attached hydrogen (secondary N) is 1. The summed E-state index contributed by atoms with van der Waals surface area (Å²) < 4.78 is 6.82. The molecule has 1 aromatic rings. The van der Waals surface area contributed by atoms with Crippen molar-refractivity contribution in [1.82, 2.24) is 0 Å². The van der Waals surface area contributed by atoms with Crippen LogP contribution in [-0.4, -0.2) is 17.7 Å². The molecule has 1 aromatic carbocycles. The third-order valence-electron chi connectivity index (χ3n) is 3.86. The first-order valence-electron chi connectivity index (χ1n) is 6.60. The molecule has 3 nitrogen and oxygen atoms in total. The van der Waals surface area contributed by atoms with Crippen molar-refractivity contribution in [2.75, 3.05) is 11.9 Å². The molecule has 0 bridgehead atoms. The summed E-state index contributed by atoms with van der Waals surface area (Å²) in [5, 5.41) is 13.1. The molecule has 0 aliphatic carbocycles. The zero-order valence-corrected chi connectivity index (χ0v) is 13.0. The smallest absolute Gasteiger partial charge is 0.130 e. The van der Waals surface area contributed by atoms with E-state index in [1.807, 2.05) is 24.3 Å². The van der Waals surface area contributed by atoms with E-state index in [1.165, 1.54) is 0 Å². The van der Waals surface area contributed by atoms with Crippen molar-refractivity contribution in [2.24, 2.45) is 0 Å². The largest absolute Gasteiger partial charge is 0.375 e. The summed E-state index contributed by atoms with van der Waals surface area (Å²) in [6, 6.07) is 10.4. The summed E-state index contributed by atoms with van der Waals surface area (Å²) in [5.74, 6) is 0. The van der Waals surface area contributed by atoms with E-state index in [0.717, 1.165) is 16.6 Å². The van der Waals surface area contributed by atoms with Gasteiger partial charge in [-0.15, -0.1) is 0 Å². The van der Waals surface area contributed by atoms with Gasteiger partial charge in [-0.1, -0.05) is 19.1 Å². The van der Waals surface area contributed by atoms with E-state index in [0.29, 0.717) is 19.4 Å². The fraction of sp³-hybridized carbons (Fsp3) is 0.533. The predicted octanol–water partition coefficient (Wildman–Crippen LogP) is 4.10. The molecule has 1 heterocycles. The van der Waals surface area contributed by atoms with Crippen LogP contribution in [0.3, 0.4) is 0 Å². The average Bonchev–Trinajstić information content (AvgIpc) is 2.42. The van der Waals surface area contributed by atoms with Crippen molar-refractivity contribution < 1.29 is 4.74 Å². The molecule has 1 fully saturated rings. The molecule has 1 aliphatic heterocycles. The summed E-state index contributed by atoms with van der Waals surface area (Å²) >= 11 is 3.52. The highest BCUT2D eigenvalue weighted by molar-refractivity contribution is 9.10. The Kier molecular flexibility index (Phi) is 4.17. The molecule has 0 spiro atoms. The second-order valence-corrected chi connectivity index (χ2v) is 6.23. The molecule has 0 saturated carbocycles. The Morgan fingerprint density at radius 1 is 1.47 bits per heavy atom. The lowest BCUT2D eigenvalue weighted by atomic mass is 9.80. The first-order valence-corrected chi connectivity index (χ1v) is 7.40. The minimum absolute atomic E-state index is 0.220. The highest BCUT2D eigenvalue weighted by atomic mass is 79.9. The second kappa shape index (κ2) is 5.52. The maximum atomic E-state index is 9.64. The summed E-state index contributed by atoms with van der Waals surface area (Å²) in [4.78, 5) is 0. The van der Waals surface area contributed by atoms with Crippen molar-refractivity contribution in [1.29, 1.82) is 5.26 Å². The van der Waals surface area contributed by atoms with E-state index in [2.05, 4.69) is 41.2 Å². The van der Waals surface area contributed by atoms with Crippen molar-refractivity contribution >= 4 is 21.6 Å². The summed E-state index contributed by atoms with van der Waals surface area (Å²) in [7, 11) is 0. The Labute approximate surface area is 123 Å². The Balaban J connectivity index is 2.24. The van der Waals surface area contributed by atoms with Crippen LogP contribution < -0.4 is 5.32 Å². The number of ether oxygens (including phenoxy) is 1. The number of halogens is 1. The van der Waals surface area contributed by atoms with Gasteiger partial charge in [-0.05, 0) is 41.4 Å². The molecule has 1 N–H and O–H groups in total. The van der Waals surface area contributed by atoms with Gasteiger partial charge >= 0.3 is 0 Å². The van der Waals surface area contributed by atoms with Crippen LogP contribution in [0.4, 0.5) is 5.69 Å². The van der Waals surface area contributed by atoms with Crippen LogP contribution in [0.15, 0.2) is 28.7 Å². The topological polar surface area (TPSA) is 45.0 Å². The van der Waals surface area contributed by atoms with Crippen LogP contribution in [-0.2, 0) is 4.74 Å². The maximum absolute atomic E-state index is 9.64. The van der Waals surface area contributed by atoms with Crippen LogP contribution in [0.1, 0.15) is 33.1 Å². The highest BCUT2D eigenvalue weighted by Crippen LogP contribution is 2.37. The third kappa shape index (κ3) is 3.10. The second-order valence-electron chi connectivity index (χ2n) is 5.38. The third-order valence-corrected chi connectivity index (χ3v) is 4.56. The summed E-state index contributed by atoms with van der Waals surface area (Å²) in [6.45, 7) is 4.81. The van der Waals surface area contributed by atoms with Crippen molar-refractivity contribution in [3.8, 4) is 6.07 Å². The van der Waals surface area contributed by atoms with Gasteiger partial charge in [-0.3, -0.25) is 0 Å². The fourth-order valence-corrected chi connectivity index (χ4v) is 2.91. The number of para-hydroxylation sites is 1. The Morgan fingerprint density at radius 2 is 2.21 bits per heavy atom. The van der Waals surface area contributed by atoms with Crippen LogP contribution in [0.5, 0.6) is 0 Å². The first-order chi connectivity index (χ1) is 9.02. The zero-order valence-electron chi connectivity index (χ0n) is 11.4. The Morgan fingerprint density at radius 3 is 2.84 bits per heavy atom. The molecule has 0 aromatic heterocycles. The quantitative estimate of drug-likeness (QED) is 0.911. The average molecular weight is 323 g/mol. The number of hydrogen-bond donors (Lipinski definition) is 1. The van der Waals surface area contributed by atoms with Crippen molar-refractivity contribution in [3.63, 3.8) is 0 Å². The van der Waals surface area contributed by atoms with Gasteiger partial charge in [0.2, 0.25) is 0 Å². The number of benzene rings is 1. The maximum Gasteiger partial charge on any atom is 0.130 e. The van der Waals surface area contributed by atoms with Gasteiger partial charge in [0.1, 0.15) is 5.54 Å². The van der Waals surface area contributed by atoms with E-state index >= 15 is 0 Å². The lowest BCUT2D eigenvalue weighted by Crippen LogP contribution is -2.50. The van der Waals surface area contributed by atoms with Gasteiger partial charge in [0.15, 0.2) is 0 Å². The lowest BCUT2D eigenvalue weighted by molar-refractivity contribution is -0.0809. The van der Waals surface area contributed by atoms with Gasteiger partial charge in [-0.2, -0.15) is 5.26 Å². The summed E-state index contributed by atoms with van der Waals surface area (Å²) in [5.41, 5.74) is 0.194. The van der Waals surface area contributed by atoms with Crippen LogP contribution in [0.25, 0.3) is 0 Å². The number of hydrogen-bond acceptors (Lipinski definition) is 3. The van der Waals surface area contributed by atoms with E-state index in [-0.39, 0.29) is 5.60 Å². The van der Waals surface area contributed by atoms with Gasteiger partial charge in [0.05, 0.1) is 18.3 Å². The number of nitriles is 1. The molecule has 1 saturated heterocycles. The van der Waals surface area contributed by atoms with Crippen LogP contribution in [0.2, 0.25) is 0 Å². The van der Waals surface area contributed by atoms with Gasteiger partial charge in [0.25, 0.3) is 0 Å². The van der Waals surface area contributed by atoms with Gasteiger partial charge in [0, 0.05) is 23.0 Å². The van der Waals surface area contributed by atoms with E-state index in [1.54, 1.807) is 0 Å². The molecule has 0 amide bonds. The molecule has 2 rings (SSSR count). The number of anilines is 1. The van der Waals surface area contributed by atoms with E-state index < -0.39 is 5.54 Å². The Bertz CT molecular complexity index is 499. The monoisotopic (exact) mass is 322 g/mol. The number of nitrogens with zero attached hydrogens (tertiary/aromatic N) is 1. The Hall–Kier alpha value is -1.05. The molecule has 0 radical (unpaired) electrons. The highest BCUT2D eigenvalue weighted by Gasteiger charge is 2.43. The SMILES string of the molecule is CCC1(C)CC(C#N)(Nc2ccccc2Br)CCO1. The standard InChI is InChI=1S/C15H19BrN2O/c1-3-14(2)10-15(11-17,8-9-19-14)18-13-7-5-4-6-12(13)16/h4-7,18H,3,8-10H2,1-2H3. The lowest BCUT2D eigenvalue weighted by Gasteiger charge is -2.43. The summed E-state index contributed by atoms with van der Waals surface area (Å²) in [6.07, 6.45) is 2.32. The van der Waals surface area contributed by atoms with Crippen molar-refractivity contribution in [2.45, 2.75) is 44.2 Å². The first kappa shape index (κ1) is 14.4. The van der Waals surface area contributed by atoms with Gasteiger partial charge < -0.3 is 10.1 Å². The molecular formula is C15H19BrN2O. The molecule has 2 unspecified atom stereocenters.